The third kappa shape index (κ3) is 6.11. The van der Waals surface area contributed by atoms with Crippen LogP contribution in [0.2, 0.25) is 0 Å². The molecule has 0 spiro atoms. The van der Waals surface area contributed by atoms with Crippen molar-refractivity contribution >= 4 is 28.1 Å². The lowest BCUT2D eigenvalue weighted by atomic mass is 9.74. The summed E-state index contributed by atoms with van der Waals surface area (Å²) in [7, 11) is -8.85. The third-order valence-corrected chi connectivity index (χ3v) is 6.44. The predicted octanol–water partition coefficient (Wildman–Crippen LogP) is 6.18. The number of carboxylic acids is 1. The standard InChI is InChI=1S/C18H15F8N3OS.C2HF3O2/c1-18(14-11(19)7-8-12(20)15(14)21)13(16(30)29(2)17(27)28-18)9-3-5-10(6-4-9)31(22,23,24,25)26;3-2(4,5)1(6)7/h3-8,13H,1-2H3,(H2,27,28);(H,6,7)/t13-,18-;/m0./s1. The van der Waals surface area contributed by atoms with E-state index >= 15 is 0 Å². The Balaban J connectivity index is 0.000000638. The van der Waals surface area contributed by atoms with Crippen molar-refractivity contribution in [3.8, 4) is 0 Å². The van der Waals surface area contributed by atoms with E-state index in [1.165, 1.54) is 0 Å². The first-order chi connectivity index (χ1) is 16.8. The van der Waals surface area contributed by atoms with E-state index in [-0.39, 0.29) is 17.7 Å². The fourth-order valence-electron chi connectivity index (χ4n) is 3.50. The van der Waals surface area contributed by atoms with Gasteiger partial charge in [0.05, 0.1) is 11.5 Å². The smallest absolute Gasteiger partial charge is 0.475 e. The lowest BCUT2D eigenvalue weighted by Gasteiger charge is -2.42. The van der Waals surface area contributed by atoms with Crippen molar-refractivity contribution in [2.24, 2.45) is 10.7 Å². The van der Waals surface area contributed by atoms with E-state index in [9.17, 15) is 50.6 Å². The molecule has 212 valence electrons. The number of aliphatic carboxylic acids is 1. The minimum atomic E-state index is -10.00. The lowest BCUT2D eigenvalue weighted by molar-refractivity contribution is -0.192. The molecule has 2 aromatic rings. The van der Waals surface area contributed by atoms with Gasteiger partial charge in [-0.1, -0.05) is 31.6 Å². The highest BCUT2D eigenvalue weighted by molar-refractivity contribution is 8.45. The first-order valence-corrected chi connectivity index (χ1v) is 11.7. The van der Waals surface area contributed by atoms with Crippen LogP contribution >= 0.6 is 10.2 Å². The summed E-state index contributed by atoms with van der Waals surface area (Å²) < 4.78 is 140. The van der Waals surface area contributed by atoms with E-state index in [0.717, 1.165) is 18.9 Å². The van der Waals surface area contributed by atoms with E-state index in [1.807, 2.05) is 0 Å². The van der Waals surface area contributed by atoms with E-state index in [1.54, 1.807) is 0 Å². The monoisotopic (exact) mass is 587 g/mol. The van der Waals surface area contributed by atoms with Crippen molar-refractivity contribution in [3.05, 3.63) is 65.0 Å². The Bertz CT molecular complexity index is 1310. The summed E-state index contributed by atoms with van der Waals surface area (Å²) >= 11 is 0. The van der Waals surface area contributed by atoms with Crippen LogP contribution in [-0.4, -0.2) is 41.1 Å². The first kappa shape index (κ1) is 30.7. The van der Waals surface area contributed by atoms with Gasteiger partial charge in [-0.2, -0.15) is 13.2 Å². The fraction of sp³-hybridized carbons (Fsp3) is 0.250. The zero-order valence-corrected chi connectivity index (χ0v) is 19.7. The van der Waals surface area contributed by atoms with Gasteiger partial charge in [0.2, 0.25) is 5.91 Å². The number of benzene rings is 2. The van der Waals surface area contributed by atoms with Gasteiger partial charge in [-0.05, 0) is 36.8 Å². The summed E-state index contributed by atoms with van der Waals surface area (Å²) in [6, 6.07) is 2.36. The maximum absolute atomic E-state index is 14.6. The first-order valence-electron chi connectivity index (χ1n) is 9.72. The number of hydrogen-bond acceptors (Lipinski definition) is 4. The molecule has 1 heterocycles. The highest BCUT2D eigenvalue weighted by atomic mass is 32.5. The number of nitrogens with zero attached hydrogens (tertiary/aromatic N) is 2. The summed E-state index contributed by atoms with van der Waals surface area (Å²) in [6.45, 7) is 1.04. The van der Waals surface area contributed by atoms with Gasteiger partial charge in [0.15, 0.2) is 17.6 Å². The molecule has 0 aromatic heterocycles. The molecule has 2 aromatic carbocycles. The van der Waals surface area contributed by atoms with E-state index in [4.69, 9.17) is 15.6 Å². The van der Waals surface area contributed by atoms with Crippen molar-refractivity contribution < 1.29 is 60.5 Å². The van der Waals surface area contributed by atoms with Crippen LogP contribution in [0.5, 0.6) is 0 Å². The molecule has 18 heteroatoms. The van der Waals surface area contributed by atoms with E-state index in [2.05, 4.69) is 4.99 Å². The molecule has 0 bridgehead atoms. The van der Waals surface area contributed by atoms with E-state index in [0.29, 0.717) is 24.3 Å². The second kappa shape index (κ2) is 8.74. The minimum absolute atomic E-state index is 0.0601. The molecular formula is C20H16F11N3O3S. The number of aliphatic imine (C=N–C) groups is 1. The molecule has 1 aliphatic heterocycles. The molecule has 0 unspecified atom stereocenters. The highest BCUT2D eigenvalue weighted by Crippen LogP contribution is 3.02. The quantitative estimate of drug-likeness (QED) is 0.331. The summed E-state index contributed by atoms with van der Waals surface area (Å²) in [5.74, 6) is -10.3. The average Bonchev–Trinajstić information content (AvgIpc) is 2.73. The van der Waals surface area contributed by atoms with Crippen LogP contribution < -0.4 is 5.73 Å². The Morgan fingerprint density at radius 3 is 1.87 bits per heavy atom. The second-order valence-corrected chi connectivity index (χ2v) is 10.4. The number of amides is 1. The predicted molar refractivity (Wildman–Crippen MR) is 112 cm³/mol. The molecular weight excluding hydrogens is 571 g/mol. The van der Waals surface area contributed by atoms with Crippen molar-refractivity contribution in [1.29, 1.82) is 0 Å². The molecule has 0 saturated carbocycles. The van der Waals surface area contributed by atoms with Crippen LogP contribution in [-0.2, 0) is 15.1 Å². The molecule has 38 heavy (non-hydrogen) atoms. The summed E-state index contributed by atoms with van der Waals surface area (Å²) in [5.41, 5.74) is 2.11. The maximum atomic E-state index is 14.6. The number of hydrogen-bond donors (Lipinski definition) is 2. The highest BCUT2D eigenvalue weighted by Gasteiger charge is 2.65. The maximum Gasteiger partial charge on any atom is 0.490 e. The van der Waals surface area contributed by atoms with Crippen LogP contribution in [0.3, 0.4) is 0 Å². The van der Waals surface area contributed by atoms with Crippen LogP contribution in [0, 0.1) is 17.5 Å². The lowest BCUT2D eigenvalue weighted by Crippen LogP contribution is -2.53. The molecule has 0 aliphatic carbocycles. The average molecular weight is 587 g/mol. The third-order valence-electron chi connectivity index (χ3n) is 5.28. The van der Waals surface area contributed by atoms with Crippen molar-refractivity contribution in [2.75, 3.05) is 7.05 Å². The topological polar surface area (TPSA) is 96.0 Å². The van der Waals surface area contributed by atoms with Crippen LogP contribution in [0.25, 0.3) is 0 Å². The van der Waals surface area contributed by atoms with Crippen molar-refractivity contribution in [3.63, 3.8) is 0 Å². The van der Waals surface area contributed by atoms with Crippen molar-refractivity contribution in [1.82, 2.24) is 4.90 Å². The number of likely N-dealkylation sites (N-methyl/N-ethyl adjacent to an activating group) is 1. The second-order valence-electron chi connectivity index (χ2n) is 8.01. The fourth-order valence-corrected chi connectivity index (χ4v) is 4.15. The number of carbonyl (C=O) groups is 2. The zero-order chi connectivity index (χ0) is 29.7. The van der Waals surface area contributed by atoms with E-state index < -0.39 is 73.6 Å². The molecule has 3 rings (SSSR count). The summed E-state index contributed by atoms with van der Waals surface area (Å²) in [6.07, 6.45) is -5.08. The molecule has 3 N–H and O–H groups in total. The molecule has 1 aliphatic rings. The van der Waals surface area contributed by atoms with Crippen LogP contribution in [0.1, 0.15) is 24.0 Å². The van der Waals surface area contributed by atoms with Gasteiger partial charge in [0, 0.05) is 7.05 Å². The van der Waals surface area contributed by atoms with Crippen molar-refractivity contribution in [2.45, 2.75) is 29.5 Å². The number of nitrogens with two attached hydrogens (primary N) is 1. The largest absolute Gasteiger partial charge is 0.490 e. The van der Waals surface area contributed by atoms with Gasteiger partial charge in [-0.3, -0.25) is 9.69 Å². The Morgan fingerprint density at radius 2 is 1.45 bits per heavy atom. The summed E-state index contributed by atoms with van der Waals surface area (Å²) in [5, 5.41) is 7.12. The van der Waals surface area contributed by atoms with Gasteiger partial charge in [-0.25, -0.2) is 23.0 Å². The number of guanidine groups is 1. The molecule has 0 saturated heterocycles. The summed E-state index contributed by atoms with van der Waals surface area (Å²) in [4.78, 5) is 24.3. The molecule has 0 radical (unpaired) electrons. The van der Waals surface area contributed by atoms with Crippen LogP contribution in [0.4, 0.5) is 45.8 Å². The Morgan fingerprint density at radius 1 is 1.00 bits per heavy atom. The number of halogens is 11. The Labute approximate surface area is 206 Å². The normalized spacial score (nSPS) is 22.0. The van der Waals surface area contributed by atoms with Gasteiger partial charge in [0.1, 0.15) is 16.3 Å². The van der Waals surface area contributed by atoms with Crippen LogP contribution in [0.15, 0.2) is 46.3 Å². The number of carbonyl (C=O) groups excluding carboxylic acids is 1. The molecule has 6 nitrogen and oxygen atoms in total. The van der Waals surface area contributed by atoms with Gasteiger partial charge < -0.3 is 10.8 Å². The van der Waals surface area contributed by atoms with Gasteiger partial charge in [-0.15, -0.1) is 0 Å². The Kier molecular flexibility index (Phi) is 7.05. The molecule has 0 fully saturated rings. The number of carboxylic acid groups (broad SMARTS) is 1. The zero-order valence-electron chi connectivity index (χ0n) is 18.8. The van der Waals surface area contributed by atoms with Gasteiger partial charge >= 0.3 is 22.4 Å². The SMILES string of the molecule is CN1C(=O)[C@H](c2ccc(S(F)(F)(F)(F)F)cc2)[C@@](C)(c2c(F)ccc(F)c2F)N=C1N.O=C(O)C(F)(F)F. The number of rotatable bonds is 3. The number of alkyl halides is 3. The Hall–Kier alpha value is -3.57. The molecule has 2 atom stereocenters. The van der Waals surface area contributed by atoms with Gasteiger partial charge in [0.25, 0.3) is 0 Å². The molecule has 1 amide bonds. The minimum Gasteiger partial charge on any atom is -0.475 e.